The molecule has 1 rings (SSSR count). The van der Waals surface area contributed by atoms with Gasteiger partial charge in [-0.25, -0.2) is 4.79 Å². The fourth-order valence-electron chi connectivity index (χ4n) is 1.59. The summed E-state index contributed by atoms with van der Waals surface area (Å²) in [4.78, 5) is 33.9. The number of benzene rings is 1. The van der Waals surface area contributed by atoms with Crippen LogP contribution in [0.3, 0.4) is 0 Å². The first-order valence-corrected chi connectivity index (χ1v) is 6.65. The molecule has 0 heterocycles. The molecule has 7 nitrogen and oxygen atoms in total. The number of nitrogens with one attached hydrogen (secondary N) is 4. The van der Waals surface area contributed by atoms with E-state index in [0.717, 1.165) is 0 Å². The van der Waals surface area contributed by atoms with Crippen LogP contribution in [-0.4, -0.2) is 30.4 Å². The molecule has 114 valence electrons. The smallest absolute Gasteiger partial charge is 0.321 e. The second-order valence-corrected chi connectivity index (χ2v) is 4.47. The Kier molecular flexibility index (Phi) is 6.19. The summed E-state index contributed by atoms with van der Waals surface area (Å²) >= 11 is 0. The van der Waals surface area contributed by atoms with Crippen molar-refractivity contribution < 1.29 is 14.4 Å². The van der Waals surface area contributed by atoms with Gasteiger partial charge in [0.2, 0.25) is 11.8 Å². The van der Waals surface area contributed by atoms with E-state index >= 15 is 0 Å². The Hall–Kier alpha value is -2.57. The number of amides is 4. The maximum atomic E-state index is 11.8. The summed E-state index contributed by atoms with van der Waals surface area (Å²) < 4.78 is 0. The highest BCUT2D eigenvalue weighted by Gasteiger charge is 2.15. The number of hydrogen-bond acceptors (Lipinski definition) is 4. The largest absolute Gasteiger partial charge is 0.374 e. The lowest BCUT2D eigenvalue weighted by Gasteiger charge is -2.15. The molecule has 0 fully saturated rings. The van der Waals surface area contributed by atoms with Crippen LogP contribution in [0.2, 0.25) is 0 Å². The molecule has 0 spiro atoms. The lowest BCUT2D eigenvalue weighted by atomic mass is 10.2. The Morgan fingerprint density at radius 3 is 2.19 bits per heavy atom. The molecule has 0 aliphatic rings. The summed E-state index contributed by atoms with van der Waals surface area (Å²) in [6.45, 7) is 5.30. The summed E-state index contributed by atoms with van der Waals surface area (Å²) in [7, 11) is 0. The van der Waals surface area contributed by atoms with Crippen LogP contribution in [0, 0.1) is 0 Å². The zero-order valence-corrected chi connectivity index (χ0v) is 12.3. The molecule has 1 atom stereocenters. The lowest BCUT2D eigenvalue weighted by molar-refractivity contribution is -0.120. The molecule has 0 aliphatic carbocycles. The van der Waals surface area contributed by atoms with E-state index in [4.69, 9.17) is 0 Å². The Morgan fingerprint density at radius 2 is 1.67 bits per heavy atom. The summed E-state index contributed by atoms with van der Waals surface area (Å²) in [5.41, 5.74) is 1.38. The predicted molar refractivity (Wildman–Crippen MR) is 81.0 cm³/mol. The van der Waals surface area contributed by atoms with Crippen LogP contribution in [0.25, 0.3) is 0 Å². The molecule has 21 heavy (non-hydrogen) atoms. The van der Waals surface area contributed by atoms with Crippen molar-refractivity contribution in [2.45, 2.75) is 26.8 Å². The Bertz CT molecular complexity index is 513. The van der Waals surface area contributed by atoms with Crippen LogP contribution in [-0.2, 0) is 9.59 Å². The summed E-state index contributed by atoms with van der Waals surface area (Å²) in [5.74, 6) is -0.572. The first-order chi connectivity index (χ1) is 9.92. The van der Waals surface area contributed by atoms with Gasteiger partial charge in [-0.1, -0.05) is 0 Å². The predicted octanol–water partition coefficient (Wildman–Crippen LogP) is 1.29. The van der Waals surface area contributed by atoms with E-state index in [9.17, 15) is 14.4 Å². The standard InChI is InChI=1S/C14H20N4O3/c1-4-15-14(21)18-13(20)9(2)16-11-5-7-12(8-6-11)17-10(3)19/h5-9,16H,4H2,1-3H3,(H,17,19)(H2,15,18,20,21). The van der Waals surface area contributed by atoms with Gasteiger partial charge in [0, 0.05) is 24.8 Å². The van der Waals surface area contributed by atoms with Crippen LogP contribution < -0.4 is 21.3 Å². The molecule has 1 aromatic carbocycles. The van der Waals surface area contributed by atoms with Gasteiger partial charge in [0.15, 0.2) is 0 Å². The van der Waals surface area contributed by atoms with E-state index in [-0.39, 0.29) is 5.91 Å². The number of hydrogen-bond donors (Lipinski definition) is 4. The van der Waals surface area contributed by atoms with Crippen molar-refractivity contribution in [2.75, 3.05) is 17.2 Å². The van der Waals surface area contributed by atoms with E-state index in [0.29, 0.717) is 17.9 Å². The zero-order valence-electron chi connectivity index (χ0n) is 12.3. The van der Waals surface area contributed by atoms with Gasteiger partial charge >= 0.3 is 6.03 Å². The number of imide groups is 1. The van der Waals surface area contributed by atoms with Crippen molar-refractivity contribution in [1.82, 2.24) is 10.6 Å². The van der Waals surface area contributed by atoms with E-state index in [1.54, 1.807) is 38.1 Å². The van der Waals surface area contributed by atoms with Crippen molar-refractivity contribution in [1.29, 1.82) is 0 Å². The maximum absolute atomic E-state index is 11.8. The van der Waals surface area contributed by atoms with Gasteiger partial charge in [-0.3, -0.25) is 14.9 Å². The van der Waals surface area contributed by atoms with Crippen LogP contribution in [0.15, 0.2) is 24.3 Å². The third kappa shape index (κ3) is 5.94. The Balaban J connectivity index is 2.54. The Labute approximate surface area is 123 Å². The average Bonchev–Trinajstić information content (AvgIpc) is 2.40. The van der Waals surface area contributed by atoms with Gasteiger partial charge < -0.3 is 16.0 Å². The topological polar surface area (TPSA) is 99.3 Å². The monoisotopic (exact) mass is 292 g/mol. The van der Waals surface area contributed by atoms with Gasteiger partial charge in [0.1, 0.15) is 6.04 Å². The lowest BCUT2D eigenvalue weighted by Crippen LogP contribution is -2.45. The molecule has 0 bridgehead atoms. The molecule has 4 amide bonds. The average molecular weight is 292 g/mol. The number of carbonyl (C=O) groups excluding carboxylic acids is 3. The van der Waals surface area contributed by atoms with Crippen LogP contribution in [0.4, 0.5) is 16.2 Å². The van der Waals surface area contributed by atoms with E-state index < -0.39 is 18.0 Å². The molecule has 4 N–H and O–H groups in total. The van der Waals surface area contributed by atoms with Crippen LogP contribution >= 0.6 is 0 Å². The van der Waals surface area contributed by atoms with E-state index in [1.165, 1.54) is 6.92 Å². The van der Waals surface area contributed by atoms with Gasteiger partial charge in [-0.2, -0.15) is 0 Å². The number of carbonyl (C=O) groups is 3. The fourth-order valence-corrected chi connectivity index (χ4v) is 1.59. The molecule has 0 aliphatic heterocycles. The van der Waals surface area contributed by atoms with Crippen molar-refractivity contribution in [2.24, 2.45) is 0 Å². The van der Waals surface area contributed by atoms with Crippen LogP contribution in [0.1, 0.15) is 20.8 Å². The summed E-state index contributed by atoms with van der Waals surface area (Å²) in [6.07, 6.45) is 0. The molecule has 1 aromatic rings. The highest BCUT2D eigenvalue weighted by molar-refractivity contribution is 5.98. The second-order valence-electron chi connectivity index (χ2n) is 4.47. The minimum Gasteiger partial charge on any atom is -0.374 e. The third-order valence-corrected chi connectivity index (χ3v) is 2.56. The quantitative estimate of drug-likeness (QED) is 0.657. The summed E-state index contributed by atoms with van der Waals surface area (Å²) in [6, 6.07) is 5.83. The summed E-state index contributed by atoms with van der Waals surface area (Å²) in [5, 5.41) is 10.3. The molecule has 7 heteroatoms. The third-order valence-electron chi connectivity index (χ3n) is 2.56. The van der Waals surface area contributed by atoms with Crippen molar-refractivity contribution in [3.05, 3.63) is 24.3 Å². The van der Waals surface area contributed by atoms with Gasteiger partial charge in [0.25, 0.3) is 0 Å². The molecular weight excluding hydrogens is 272 g/mol. The number of rotatable bonds is 5. The van der Waals surface area contributed by atoms with E-state index in [1.807, 2.05) is 0 Å². The Morgan fingerprint density at radius 1 is 1.10 bits per heavy atom. The molecular formula is C14H20N4O3. The minimum atomic E-state index is -0.570. The first kappa shape index (κ1) is 16.5. The van der Waals surface area contributed by atoms with Gasteiger partial charge in [-0.15, -0.1) is 0 Å². The molecule has 0 radical (unpaired) electrons. The van der Waals surface area contributed by atoms with E-state index in [2.05, 4.69) is 21.3 Å². The molecule has 0 aromatic heterocycles. The number of anilines is 2. The van der Waals surface area contributed by atoms with Crippen molar-refractivity contribution in [3.63, 3.8) is 0 Å². The minimum absolute atomic E-state index is 0.148. The van der Waals surface area contributed by atoms with Gasteiger partial charge in [-0.05, 0) is 38.1 Å². The maximum Gasteiger partial charge on any atom is 0.321 e. The molecule has 0 saturated heterocycles. The van der Waals surface area contributed by atoms with Crippen LogP contribution in [0.5, 0.6) is 0 Å². The van der Waals surface area contributed by atoms with Crippen molar-refractivity contribution >= 4 is 29.2 Å². The molecule has 1 unspecified atom stereocenters. The number of urea groups is 1. The molecule has 0 saturated carbocycles. The fraction of sp³-hybridized carbons (Fsp3) is 0.357. The normalized spacial score (nSPS) is 11.2. The zero-order chi connectivity index (χ0) is 15.8. The first-order valence-electron chi connectivity index (χ1n) is 6.65. The van der Waals surface area contributed by atoms with Crippen molar-refractivity contribution in [3.8, 4) is 0 Å². The highest BCUT2D eigenvalue weighted by Crippen LogP contribution is 2.14. The second kappa shape index (κ2) is 7.88. The van der Waals surface area contributed by atoms with Gasteiger partial charge in [0.05, 0.1) is 0 Å². The highest BCUT2D eigenvalue weighted by atomic mass is 16.2. The SMILES string of the molecule is CCNC(=O)NC(=O)C(C)Nc1ccc(NC(C)=O)cc1.